The van der Waals surface area contributed by atoms with Crippen molar-refractivity contribution in [3.05, 3.63) is 70.2 Å². The molecule has 2 heterocycles. The van der Waals surface area contributed by atoms with Crippen LogP contribution in [0, 0.1) is 6.92 Å². The first-order valence-corrected chi connectivity index (χ1v) is 18.5. The van der Waals surface area contributed by atoms with E-state index in [4.69, 9.17) is 4.74 Å². The Morgan fingerprint density at radius 3 is 2.24 bits per heavy atom. The monoisotopic (exact) mass is 753 g/mol. The van der Waals surface area contributed by atoms with E-state index < -0.39 is 51.6 Å². The predicted octanol–water partition coefficient (Wildman–Crippen LogP) is 5.13. The lowest BCUT2D eigenvalue weighted by Gasteiger charge is -2.39. The Bertz CT molecular complexity index is 1810. The van der Waals surface area contributed by atoms with Gasteiger partial charge in [-0.25, -0.2) is 13.4 Å². The summed E-state index contributed by atoms with van der Waals surface area (Å²) < 4.78 is 76.0. The molecule has 51 heavy (non-hydrogen) atoms. The molecular weight excluding hydrogens is 712 g/mol. The molecule has 1 aromatic heterocycles. The second-order valence-corrected chi connectivity index (χ2v) is 16.1. The van der Waals surface area contributed by atoms with Crippen LogP contribution in [0.4, 0.5) is 18.3 Å². The second-order valence-electron chi connectivity index (χ2n) is 13.2. The van der Waals surface area contributed by atoms with Gasteiger partial charge in [0.25, 0.3) is 5.91 Å². The number of sulfonamides is 1. The molecule has 0 bridgehead atoms. The molecule has 1 aliphatic heterocycles. The van der Waals surface area contributed by atoms with Crippen LogP contribution < -0.4 is 20.3 Å². The highest BCUT2D eigenvalue weighted by Gasteiger charge is 2.41. The minimum absolute atomic E-state index is 0.0269. The molecule has 2 aromatic carbocycles. The third-order valence-electron chi connectivity index (χ3n) is 7.71. The Balaban J connectivity index is 1.53. The molecule has 4 rings (SSSR count). The summed E-state index contributed by atoms with van der Waals surface area (Å²) >= 11 is 1.06. The van der Waals surface area contributed by atoms with Crippen LogP contribution in [-0.2, 0) is 30.9 Å². The summed E-state index contributed by atoms with van der Waals surface area (Å²) in [6.07, 6.45) is -4.98. The Kier molecular flexibility index (Phi) is 12.4. The van der Waals surface area contributed by atoms with Gasteiger partial charge in [-0.2, -0.15) is 4.31 Å². The number of hydrogen-bond donors (Lipinski definition) is 2. The highest BCUT2D eigenvalue weighted by Crippen LogP contribution is 2.31. The molecule has 0 aliphatic carbocycles. The molecule has 0 radical (unpaired) electrons. The van der Waals surface area contributed by atoms with Gasteiger partial charge < -0.3 is 25.0 Å². The third-order valence-corrected chi connectivity index (χ3v) is 10.8. The summed E-state index contributed by atoms with van der Waals surface area (Å²) in [5, 5.41) is 5.90. The van der Waals surface area contributed by atoms with Crippen molar-refractivity contribution in [2.24, 2.45) is 0 Å². The summed E-state index contributed by atoms with van der Waals surface area (Å²) in [7, 11) is -4.38. The molecule has 2 N–H and O–H groups in total. The number of carbonyl (C=O) groups excluding carboxylic acids is 3. The van der Waals surface area contributed by atoms with E-state index in [1.165, 1.54) is 0 Å². The van der Waals surface area contributed by atoms with Gasteiger partial charge in [-0.05, 0) is 69.0 Å². The summed E-state index contributed by atoms with van der Waals surface area (Å²) in [5.74, 6) is -1.78. The minimum Gasteiger partial charge on any atom is -0.460 e. The van der Waals surface area contributed by atoms with Crippen molar-refractivity contribution in [1.82, 2.24) is 19.9 Å². The standard InChI is InChI=1S/C34H42F3N5O7S2/c1-21(2)24-9-7-23(8-10-24)19-39-30(44)27-20-41(17-18-42(27)51(46,47)26-13-11-25(12-14-26)48-34(35,36)37)32-40-22(3)29(50-32)31(45)38-16-15-28(43)49-33(4,5)6/h7-14,21,27H,15-20H2,1-6H3,(H,38,45)(H,39,44)/t27-/m1/s1. The zero-order valence-corrected chi connectivity index (χ0v) is 30.8. The second kappa shape index (κ2) is 16.0. The number of hydrogen-bond acceptors (Lipinski definition) is 10. The SMILES string of the molecule is Cc1nc(N2CCN(S(=O)(=O)c3ccc(OC(F)(F)F)cc3)[C@@H](C(=O)NCc3ccc(C(C)C)cc3)C2)sc1C(=O)NCCC(=O)OC(C)(C)C. The maximum absolute atomic E-state index is 13.9. The summed E-state index contributed by atoms with van der Waals surface area (Å²) in [6.45, 7) is 11.0. The number of aryl methyl sites for hydroxylation is 1. The number of alkyl halides is 3. The normalized spacial score (nSPS) is 15.8. The number of aromatic nitrogens is 1. The van der Waals surface area contributed by atoms with Crippen molar-refractivity contribution in [3.63, 3.8) is 0 Å². The zero-order chi connectivity index (χ0) is 37.7. The number of nitrogens with zero attached hydrogens (tertiary/aromatic N) is 3. The van der Waals surface area contributed by atoms with E-state index in [0.717, 1.165) is 51.0 Å². The Morgan fingerprint density at radius 2 is 1.65 bits per heavy atom. The van der Waals surface area contributed by atoms with Crippen molar-refractivity contribution in [1.29, 1.82) is 0 Å². The van der Waals surface area contributed by atoms with Crippen LogP contribution >= 0.6 is 11.3 Å². The largest absolute Gasteiger partial charge is 0.573 e. The van der Waals surface area contributed by atoms with Gasteiger partial charge in [0, 0.05) is 32.7 Å². The van der Waals surface area contributed by atoms with Crippen LogP contribution in [0.3, 0.4) is 0 Å². The van der Waals surface area contributed by atoms with Crippen LogP contribution in [0.25, 0.3) is 0 Å². The van der Waals surface area contributed by atoms with E-state index in [1.54, 1.807) is 32.6 Å². The fourth-order valence-electron chi connectivity index (χ4n) is 5.20. The smallest absolute Gasteiger partial charge is 0.460 e. The molecule has 0 saturated carbocycles. The number of amides is 2. The fourth-order valence-corrected chi connectivity index (χ4v) is 7.78. The van der Waals surface area contributed by atoms with E-state index >= 15 is 0 Å². The van der Waals surface area contributed by atoms with E-state index in [2.05, 4.69) is 34.2 Å². The van der Waals surface area contributed by atoms with Gasteiger partial charge in [-0.15, -0.1) is 13.2 Å². The summed E-state index contributed by atoms with van der Waals surface area (Å²) in [5.41, 5.74) is 1.67. The van der Waals surface area contributed by atoms with E-state index in [9.17, 15) is 36.0 Å². The lowest BCUT2D eigenvalue weighted by Crippen LogP contribution is -2.60. The number of ether oxygens (including phenoxy) is 2. The topological polar surface area (TPSA) is 147 Å². The average Bonchev–Trinajstić information content (AvgIpc) is 3.43. The summed E-state index contributed by atoms with van der Waals surface area (Å²) in [6, 6.07) is 10.2. The van der Waals surface area contributed by atoms with Crippen molar-refractivity contribution in [3.8, 4) is 5.75 Å². The number of rotatable bonds is 12. The van der Waals surface area contributed by atoms with Crippen LogP contribution in [-0.4, -0.2) is 79.7 Å². The van der Waals surface area contributed by atoms with Crippen LogP contribution in [0.5, 0.6) is 5.75 Å². The van der Waals surface area contributed by atoms with Gasteiger partial charge in [-0.3, -0.25) is 14.4 Å². The van der Waals surface area contributed by atoms with E-state index in [1.807, 2.05) is 24.3 Å². The first-order valence-electron chi connectivity index (χ1n) is 16.2. The number of piperazine rings is 1. The molecule has 0 unspecified atom stereocenters. The number of anilines is 1. The molecule has 278 valence electrons. The zero-order valence-electron chi connectivity index (χ0n) is 29.2. The van der Waals surface area contributed by atoms with Gasteiger partial charge in [-0.1, -0.05) is 49.4 Å². The van der Waals surface area contributed by atoms with Crippen molar-refractivity contribution < 1.29 is 45.4 Å². The van der Waals surface area contributed by atoms with Gasteiger partial charge in [0.15, 0.2) is 5.13 Å². The number of carbonyl (C=O) groups is 3. The third kappa shape index (κ3) is 10.9. The first-order chi connectivity index (χ1) is 23.7. The molecule has 1 atom stereocenters. The molecule has 3 aromatic rings. The predicted molar refractivity (Wildman–Crippen MR) is 185 cm³/mol. The summed E-state index contributed by atoms with van der Waals surface area (Å²) in [4.78, 5) is 45.0. The van der Waals surface area contributed by atoms with E-state index in [0.29, 0.717) is 16.7 Å². The lowest BCUT2D eigenvalue weighted by molar-refractivity contribution is -0.274. The molecule has 12 nitrogen and oxygen atoms in total. The molecule has 17 heteroatoms. The highest BCUT2D eigenvalue weighted by molar-refractivity contribution is 7.89. The van der Waals surface area contributed by atoms with Crippen LogP contribution in [0.1, 0.15) is 73.4 Å². The fraction of sp³-hybridized carbons (Fsp3) is 0.471. The Morgan fingerprint density at radius 1 is 1.00 bits per heavy atom. The molecule has 2 amide bonds. The number of esters is 1. The van der Waals surface area contributed by atoms with Gasteiger partial charge >= 0.3 is 12.3 Å². The Hall–Kier alpha value is -4.22. The minimum atomic E-state index is -4.95. The number of benzene rings is 2. The average molecular weight is 754 g/mol. The van der Waals surface area contributed by atoms with E-state index in [-0.39, 0.29) is 48.9 Å². The molecule has 1 saturated heterocycles. The first kappa shape index (κ1) is 39.6. The lowest BCUT2D eigenvalue weighted by atomic mass is 10.0. The molecule has 1 fully saturated rings. The Labute approximate surface area is 299 Å². The number of thiazole rings is 1. The quantitative estimate of drug-likeness (QED) is 0.240. The van der Waals surface area contributed by atoms with Gasteiger partial charge in [0.05, 0.1) is 17.0 Å². The van der Waals surface area contributed by atoms with Crippen LogP contribution in [0.2, 0.25) is 0 Å². The van der Waals surface area contributed by atoms with Crippen LogP contribution in [0.15, 0.2) is 53.4 Å². The van der Waals surface area contributed by atoms with Crippen molar-refractivity contribution in [2.75, 3.05) is 31.1 Å². The van der Waals surface area contributed by atoms with Crippen molar-refractivity contribution in [2.45, 2.75) is 83.3 Å². The molecule has 0 spiro atoms. The highest BCUT2D eigenvalue weighted by atomic mass is 32.2. The number of nitrogens with one attached hydrogen (secondary N) is 2. The maximum atomic E-state index is 13.9. The van der Waals surface area contributed by atoms with Gasteiger partial charge in [0.1, 0.15) is 22.3 Å². The molecular formula is C34H42F3N5O7S2. The molecule has 1 aliphatic rings. The van der Waals surface area contributed by atoms with Gasteiger partial charge in [0.2, 0.25) is 15.9 Å². The number of halogens is 3. The maximum Gasteiger partial charge on any atom is 0.573 e. The van der Waals surface area contributed by atoms with Crippen molar-refractivity contribution >= 4 is 44.3 Å².